The summed E-state index contributed by atoms with van der Waals surface area (Å²) in [5.74, 6) is 0.681. The fraction of sp³-hybridized carbons (Fsp3) is 0.654. The quantitative estimate of drug-likeness (QED) is 0.387. The van der Waals surface area contributed by atoms with Gasteiger partial charge in [-0.1, -0.05) is 12.5 Å². The maximum Gasteiger partial charge on any atom is 0.330 e. The molecule has 0 unspecified atom stereocenters. The minimum absolute atomic E-state index is 0.293. The Morgan fingerprint density at radius 2 is 1.89 bits per heavy atom. The maximum absolute atomic E-state index is 12.4. The normalized spacial score (nSPS) is 33.8. The summed E-state index contributed by atoms with van der Waals surface area (Å²) in [4.78, 5) is 14.9. The van der Waals surface area contributed by atoms with Crippen LogP contribution in [0.3, 0.4) is 0 Å². The van der Waals surface area contributed by atoms with Crippen LogP contribution in [0, 0.1) is 5.92 Å². The minimum atomic E-state index is -1.43. The van der Waals surface area contributed by atoms with Crippen molar-refractivity contribution in [2.24, 2.45) is 5.92 Å². The van der Waals surface area contributed by atoms with Gasteiger partial charge in [-0.15, -0.1) is 0 Å². The molecule has 3 fully saturated rings. The zero-order chi connectivity index (χ0) is 24.9. The number of aliphatic hydroxyl groups is 3. The molecule has 35 heavy (non-hydrogen) atoms. The molecule has 3 heterocycles. The van der Waals surface area contributed by atoms with Crippen molar-refractivity contribution in [3.05, 3.63) is 29.8 Å². The van der Waals surface area contributed by atoms with Gasteiger partial charge in [-0.05, 0) is 69.5 Å². The molecule has 0 amide bonds. The van der Waals surface area contributed by atoms with Crippen LogP contribution in [0.15, 0.2) is 24.3 Å². The van der Waals surface area contributed by atoms with Crippen molar-refractivity contribution in [2.45, 2.75) is 75.8 Å². The topological polar surface area (TPSA) is 118 Å². The van der Waals surface area contributed by atoms with E-state index in [2.05, 4.69) is 4.90 Å². The SMILES string of the molecule is COc1cc(C=CC(=O)OC[C@@H]2CCCN3CCCC[C@H]23)ccc1O[C@H]1O[C@@H](C)[C@H](O)[C@@H](O)[C@@H]1O. The molecule has 9 nitrogen and oxygen atoms in total. The fourth-order valence-electron chi connectivity index (χ4n) is 5.29. The largest absolute Gasteiger partial charge is 0.493 e. The predicted octanol–water partition coefficient (Wildman–Crippen LogP) is 1.72. The molecule has 0 aromatic heterocycles. The molecule has 0 radical (unpaired) electrons. The summed E-state index contributed by atoms with van der Waals surface area (Å²) in [6.45, 7) is 4.34. The number of methoxy groups -OCH3 is 1. The molecule has 0 spiro atoms. The van der Waals surface area contributed by atoms with Crippen LogP contribution < -0.4 is 9.47 Å². The van der Waals surface area contributed by atoms with E-state index >= 15 is 0 Å². The van der Waals surface area contributed by atoms with Crippen molar-refractivity contribution >= 4 is 12.0 Å². The average Bonchev–Trinajstić information content (AvgIpc) is 2.88. The number of fused-ring (bicyclic) bond motifs is 1. The van der Waals surface area contributed by atoms with Crippen LogP contribution >= 0.6 is 0 Å². The Balaban J connectivity index is 1.33. The third-order valence-electron chi connectivity index (χ3n) is 7.32. The number of hydrogen-bond acceptors (Lipinski definition) is 9. The second kappa shape index (κ2) is 11.7. The number of aliphatic hydroxyl groups excluding tert-OH is 3. The standard InChI is InChI=1S/C26H37NO8/c1-16-23(29)24(30)25(31)26(34-16)35-20-10-8-17(14-21(20)32-2)9-11-22(28)33-15-18-6-5-13-27-12-4-3-7-19(18)27/h8-11,14,16,18-19,23-26,29-31H,3-7,12-13,15H2,1-2H3/t16-,18-,19+,23-,24+,25-,26+/m0/s1. The molecule has 3 aliphatic rings. The second-order valence-corrected chi connectivity index (χ2v) is 9.67. The van der Waals surface area contributed by atoms with Crippen LogP contribution in [-0.4, -0.2) is 89.7 Å². The van der Waals surface area contributed by atoms with Gasteiger partial charge in [0.1, 0.15) is 18.3 Å². The van der Waals surface area contributed by atoms with Crippen molar-refractivity contribution in [1.82, 2.24) is 4.90 Å². The number of rotatable bonds is 7. The first-order chi connectivity index (χ1) is 16.9. The molecule has 3 N–H and O–H groups in total. The van der Waals surface area contributed by atoms with E-state index in [1.54, 1.807) is 31.2 Å². The molecule has 7 atom stereocenters. The van der Waals surface area contributed by atoms with E-state index in [9.17, 15) is 20.1 Å². The molecule has 0 saturated carbocycles. The monoisotopic (exact) mass is 491 g/mol. The van der Waals surface area contributed by atoms with E-state index in [0.29, 0.717) is 35.6 Å². The highest BCUT2D eigenvalue weighted by Crippen LogP contribution is 2.33. The van der Waals surface area contributed by atoms with Crippen LogP contribution in [0.1, 0.15) is 44.6 Å². The van der Waals surface area contributed by atoms with E-state index in [1.165, 1.54) is 32.4 Å². The number of benzene rings is 1. The van der Waals surface area contributed by atoms with E-state index < -0.39 is 30.7 Å². The maximum atomic E-state index is 12.4. The van der Waals surface area contributed by atoms with Gasteiger partial charge in [-0.3, -0.25) is 4.90 Å². The van der Waals surface area contributed by atoms with E-state index in [1.807, 2.05) is 0 Å². The van der Waals surface area contributed by atoms with E-state index in [4.69, 9.17) is 18.9 Å². The third-order valence-corrected chi connectivity index (χ3v) is 7.32. The van der Waals surface area contributed by atoms with E-state index in [-0.39, 0.29) is 5.97 Å². The lowest BCUT2D eigenvalue weighted by molar-refractivity contribution is -0.268. The lowest BCUT2D eigenvalue weighted by atomic mass is 9.84. The van der Waals surface area contributed by atoms with Gasteiger partial charge in [0, 0.05) is 18.0 Å². The zero-order valence-electron chi connectivity index (χ0n) is 20.4. The number of piperidine rings is 2. The first-order valence-electron chi connectivity index (χ1n) is 12.5. The lowest BCUT2D eigenvalue weighted by Crippen LogP contribution is -2.58. The van der Waals surface area contributed by atoms with Crippen LogP contribution in [-0.2, 0) is 14.3 Å². The van der Waals surface area contributed by atoms with Gasteiger partial charge in [-0.25, -0.2) is 4.79 Å². The summed E-state index contributed by atoms with van der Waals surface area (Å²) < 4.78 is 22.2. The van der Waals surface area contributed by atoms with Crippen LogP contribution in [0.2, 0.25) is 0 Å². The molecular weight excluding hydrogens is 454 g/mol. The fourth-order valence-corrected chi connectivity index (χ4v) is 5.29. The van der Waals surface area contributed by atoms with Gasteiger partial charge in [0.2, 0.25) is 6.29 Å². The molecule has 0 bridgehead atoms. The van der Waals surface area contributed by atoms with Gasteiger partial charge >= 0.3 is 5.97 Å². The van der Waals surface area contributed by atoms with Gasteiger partial charge in [-0.2, -0.15) is 0 Å². The van der Waals surface area contributed by atoms with Crippen LogP contribution in [0.25, 0.3) is 6.08 Å². The summed E-state index contributed by atoms with van der Waals surface area (Å²) >= 11 is 0. The van der Waals surface area contributed by atoms with Gasteiger partial charge in [0.05, 0.1) is 19.8 Å². The Morgan fingerprint density at radius 3 is 2.69 bits per heavy atom. The second-order valence-electron chi connectivity index (χ2n) is 9.67. The molecule has 3 aliphatic heterocycles. The molecule has 3 saturated heterocycles. The van der Waals surface area contributed by atoms with Gasteiger partial charge in [0.25, 0.3) is 0 Å². The number of hydrogen-bond donors (Lipinski definition) is 3. The van der Waals surface area contributed by atoms with Crippen molar-refractivity contribution in [1.29, 1.82) is 0 Å². The molecule has 9 heteroatoms. The highest BCUT2D eigenvalue weighted by atomic mass is 16.7. The third kappa shape index (κ3) is 6.16. The van der Waals surface area contributed by atoms with Crippen molar-refractivity contribution in [3.63, 3.8) is 0 Å². The number of nitrogens with zero attached hydrogens (tertiary/aromatic N) is 1. The molecule has 4 rings (SSSR count). The van der Waals surface area contributed by atoms with Crippen LogP contribution in [0.5, 0.6) is 11.5 Å². The number of carbonyl (C=O) groups is 1. The molecule has 1 aromatic rings. The average molecular weight is 492 g/mol. The van der Waals surface area contributed by atoms with Gasteiger partial charge in [0.15, 0.2) is 11.5 Å². The summed E-state index contributed by atoms with van der Waals surface area (Å²) in [6, 6.07) is 5.57. The summed E-state index contributed by atoms with van der Waals surface area (Å²) in [7, 11) is 1.47. The Kier molecular flexibility index (Phi) is 8.67. The Labute approximate surface area is 206 Å². The number of esters is 1. The Bertz CT molecular complexity index is 890. The Morgan fingerprint density at radius 1 is 1.09 bits per heavy atom. The smallest absolute Gasteiger partial charge is 0.330 e. The van der Waals surface area contributed by atoms with E-state index in [0.717, 1.165) is 25.9 Å². The summed E-state index contributed by atoms with van der Waals surface area (Å²) in [5.41, 5.74) is 0.705. The van der Waals surface area contributed by atoms with Crippen molar-refractivity contribution in [3.8, 4) is 11.5 Å². The number of ether oxygens (including phenoxy) is 4. The van der Waals surface area contributed by atoms with Crippen molar-refractivity contribution in [2.75, 3.05) is 26.8 Å². The zero-order valence-corrected chi connectivity index (χ0v) is 20.4. The lowest BCUT2D eigenvalue weighted by Gasteiger charge is -2.44. The highest BCUT2D eigenvalue weighted by molar-refractivity contribution is 5.87. The first-order valence-corrected chi connectivity index (χ1v) is 12.5. The number of carbonyl (C=O) groups excluding carboxylic acids is 1. The van der Waals surface area contributed by atoms with Crippen molar-refractivity contribution < 1.29 is 39.1 Å². The first kappa shape index (κ1) is 25.9. The molecule has 194 valence electrons. The molecule has 1 aromatic carbocycles. The summed E-state index contributed by atoms with van der Waals surface area (Å²) in [6.07, 6.45) is 3.10. The van der Waals surface area contributed by atoms with Crippen LogP contribution in [0.4, 0.5) is 0 Å². The Hall–Kier alpha value is -2.17. The molecule has 0 aliphatic carbocycles. The minimum Gasteiger partial charge on any atom is -0.493 e. The van der Waals surface area contributed by atoms with Gasteiger partial charge < -0.3 is 34.3 Å². The highest BCUT2D eigenvalue weighted by Gasteiger charge is 2.43. The summed E-state index contributed by atoms with van der Waals surface area (Å²) in [5, 5.41) is 30.0. The molecular formula is C26H37NO8. The predicted molar refractivity (Wildman–Crippen MR) is 128 cm³/mol.